The highest BCUT2D eigenvalue weighted by atomic mass is 16.2. The highest BCUT2D eigenvalue weighted by Crippen LogP contribution is 2.41. The van der Waals surface area contributed by atoms with Gasteiger partial charge >= 0.3 is 0 Å². The van der Waals surface area contributed by atoms with Crippen molar-refractivity contribution in [1.82, 2.24) is 15.1 Å². The van der Waals surface area contributed by atoms with E-state index in [1.807, 2.05) is 6.07 Å². The highest BCUT2D eigenvalue weighted by Gasteiger charge is 2.33. The molecule has 0 bridgehead atoms. The van der Waals surface area contributed by atoms with Crippen molar-refractivity contribution in [1.29, 1.82) is 0 Å². The molecule has 1 atom stereocenters. The Morgan fingerprint density at radius 1 is 1.27 bits per heavy atom. The predicted molar refractivity (Wildman–Crippen MR) is 102 cm³/mol. The van der Waals surface area contributed by atoms with E-state index in [1.165, 1.54) is 27.9 Å². The molecule has 138 valence electrons. The molecular formula is C21H27N3O2. The van der Waals surface area contributed by atoms with E-state index in [2.05, 4.69) is 49.4 Å². The molecule has 2 aromatic rings. The van der Waals surface area contributed by atoms with E-state index < -0.39 is 0 Å². The number of hydrogen-bond donors (Lipinski definition) is 1. The summed E-state index contributed by atoms with van der Waals surface area (Å²) in [6.07, 6.45) is 3.74. The summed E-state index contributed by atoms with van der Waals surface area (Å²) in [5.41, 5.74) is 2.71. The molecule has 26 heavy (non-hydrogen) atoms. The van der Waals surface area contributed by atoms with E-state index >= 15 is 0 Å². The summed E-state index contributed by atoms with van der Waals surface area (Å²) >= 11 is 0. The zero-order valence-electron chi connectivity index (χ0n) is 15.8. The third kappa shape index (κ3) is 3.71. The highest BCUT2D eigenvalue weighted by molar-refractivity contribution is 5.92. The first-order valence-corrected chi connectivity index (χ1v) is 9.41. The Kier molecular flexibility index (Phi) is 5.25. The Morgan fingerprint density at radius 2 is 2.04 bits per heavy atom. The van der Waals surface area contributed by atoms with Crippen LogP contribution in [0, 0.1) is 0 Å². The summed E-state index contributed by atoms with van der Waals surface area (Å²) in [4.78, 5) is 24.6. The zero-order chi connectivity index (χ0) is 18.7. The minimum atomic E-state index is -0.227. The van der Waals surface area contributed by atoms with Crippen molar-refractivity contribution < 1.29 is 4.79 Å². The van der Waals surface area contributed by atoms with Crippen LogP contribution in [0.5, 0.6) is 0 Å². The second kappa shape index (κ2) is 7.44. The lowest BCUT2D eigenvalue weighted by Crippen LogP contribution is -2.37. The Morgan fingerprint density at radius 3 is 2.81 bits per heavy atom. The molecule has 1 aliphatic carbocycles. The van der Waals surface area contributed by atoms with Gasteiger partial charge < -0.3 is 5.32 Å². The average Bonchev–Trinajstić information content (AvgIpc) is 2.63. The molecule has 0 aliphatic heterocycles. The number of unbranched alkanes of at least 4 members (excludes halogenated alkanes) is 1. The van der Waals surface area contributed by atoms with Crippen LogP contribution in [-0.4, -0.2) is 15.7 Å². The van der Waals surface area contributed by atoms with Crippen LogP contribution in [0.1, 0.15) is 74.1 Å². The summed E-state index contributed by atoms with van der Waals surface area (Å²) in [6, 6.07) is 11.2. The van der Waals surface area contributed by atoms with Gasteiger partial charge in [-0.15, -0.1) is 0 Å². The molecule has 0 saturated carbocycles. The van der Waals surface area contributed by atoms with Crippen LogP contribution in [0.3, 0.4) is 0 Å². The average molecular weight is 353 g/mol. The molecule has 1 heterocycles. The zero-order valence-corrected chi connectivity index (χ0v) is 15.8. The molecule has 1 aliphatic rings. The lowest BCUT2D eigenvalue weighted by Gasteiger charge is -2.37. The van der Waals surface area contributed by atoms with Crippen molar-refractivity contribution in [2.24, 2.45) is 0 Å². The summed E-state index contributed by atoms with van der Waals surface area (Å²) in [5.74, 6) is -0.227. The Hall–Kier alpha value is -2.43. The SMILES string of the molecule is CCCCn1nc(C(=O)NC2CCC(C)(C)c3ccccc32)ccc1=O. The van der Waals surface area contributed by atoms with Crippen LogP contribution in [0.4, 0.5) is 0 Å². The first-order valence-electron chi connectivity index (χ1n) is 9.41. The molecule has 5 nitrogen and oxygen atoms in total. The fourth-order valence-corrected chi connectivity index (χ4v) is 3.63. The van der Waals surface area contributed by atoms with E-state index in [4.69, 9.17) is 0 Å². The van der Waals surface area contributed by atoms with Crippen LogP contribution in [-0.2, 0) is 12.0 Å². The van der Waals surface area contributed by atoms with Crippen molar-refractivity contribution in [2.75, 3.05) is 0 Å². The van der Waals surface area contributed by atoms with Crippen LogP contribution in [0.15, 0.2) is 41.2 Å². The molecule has 3 rings (SSSR count). The van der Waals surface area contributed by atoms with Crippen molar-refractivity contribution >= 4 is 5.91 Å². The number of benzene rings is 1. The van der Waals surface area contributed by atoms with Crippen LogP contribution in [0.2, 0.25) is 0 Å². The second-order valence-corrected chi connectivity index (χ2v) is 7.67. The third-order valence-corrected chi connectivity index (χ3v) is 5.25. The maximum absolute atomic E-state index is 12.7. The molecule has 5 heteroatoms. The van der Waals surface area contributed by atoms with Gasteiger partial charge in [-0.1, -0.05) is 51.5 Å². The molecule has 0 fully saturated rings. The van der Waals surface area contributed by atoms with Gasteiger partial charge in [0.2, 0.25) is 0 Å². The van der Waals surface area contributed by atoms with Crippen molar-refractivity contribution in [2.45, 2.75) is 64.5 Å². The maximum atomic E-state index is 12.7. The number of hydrogen-bond acceptors (Lipinski definition) is 3. The number of carbonyl (C=O) groups excluding carboxylic acids is 1. The molecule has 1 N–H and O–H groups in total. The largest absolute Gasteiger partial charge is 0.344 e. The number of aryl methyl sites for hydroxylation is 1. The number of nitrogens with zero attached hydrogens (tertiary/aromatic N) is 2. The summed E-state index contributed by atoms with van der Waals surface area (Å²) in [5, 5.41) is 7.37. The van der Waals surface area contributed by atoms with Crippen LogP contribution < -0.4 is 10.9 Å². The van der Waals surface area contributed by atoms with Gasteiger partial charge in [0.25, 0.3) is 11.5 Å². The first kappa shape index (κ1) is 18.4. The number of fused-ring (bicyclic) bond motifs is 1. The fraction of sp³-hybridized carbons (Fsp3) is 0.476. The van der Waals surface area contributed by atoms with Crippen LogP contribution in [0.25, 0.3) is 0 Å². The maximum Gasteiger partial charge on any atom is 0.272 e. The van der Waals surface area contributed by atoms with Gasteiger partial charge in [0.1, 0.15) is 5.69 Å². The van der Waals surface area contributed by atoms with Crippen molar-refractivity contribution in [3.63, 3.8) is 0 Å². The predicted octanol–water partition coefficient (Wildman–Crippen LogP) is 3.59. The molecule has 0 spiro atoms. The molecule has 1 aromatic heterocycles. The van der Waals surface area contributed by atoms with Gasteiger partial charge in [0.15, 0.2) is 0 Å². The Labute approximate surface area is 154 Å². The summed E-state index contributed by atoms with van der Waals surface area (Å²) in [6.45, 7) is 7.09. The first-order chi connectivity index (χ1) is 12.4. The lowest BCUT2D eigenvalue weighted by molar-refractivity contribution is 0.0921. The molecule has 0 saturated heterocycles. The molecule has 1 aromatic carbocycles. The summed E-state index contributed by atoms with van der Waals surface area (Å²) < 4.78 is 1.39. The quantitative estimate of drug-likeness (QED) is 0.893. The molecule has 1 amide bonds. The van der Waals surface area contributed by atoms with Gasteiger partial charge in [-0.25, -0.2) is 4.68 Å². The van der Waals surface area contributed by atoms with Gasteiger partial charge in [-0.05, 0) is 41.9 Å². The minimum absolute atomic E-state index is 0.0236. The third-order valence-electron chi connectivity index (χ3n) is 5.25. The topological polar surface area (TPSA) is 64.0 Å². The van der Waals surface area contributed by atoms with Crippen molar-refractivity contribution in [3.8, 4) is 0 Å². The van der Waals surface area contributed by atoms with Crippen molar-refractivity contribution in [3.05, 3.63) is 63.6 Å². The smallest absolute Gasteiger partial charge is 0.272 e. The monoisotopic (exact) mass is 353 g/mol. The van der Waals surface area contributed by atoms with Gasteiger partial charge in [-0.2, -0.15) is 5.10 Å². The number of aromatic nitrogens is 2. The molecule has 1 unspecified atom stereocenters. The number of carbonyl (C=O) groups is 1. The second-order valence-electron chi connectivity index (χ2n) is 7.67. The van der Waals surface area contributed by atoms with Gasteiger partial charge in [0, 0.05) is 12.6 Å². The Bertz CT molecular complexity index is 854. The Balaban J connectivity index is 1.82. The number of nitrogens with one attached hydrogen (secondary N) is 1. The normalized spacial score (nSPS) is 18.2. The van der Waals surface area contributed by atoms with E-state index in [9.17, 15) is 9.59 Å². The lowest BCUT2D eigenvalue weighted by atomic mass is 9.71. The van der Waals surface area contributed by atoms with Crippen LogP contribution >= 0.6 is 0 Å². The van der Waals surface area contributed by atoms with Gasteiger partial charge in [0.05, 0.1) is 6.04 Å². The number of amides is 1. The number of rotatable bonds is 5. The minimum Gasteiger partial charge on any atom is -0.344 e. The van der Waals surface area contributed by atoms with E-state index in [-0.39, 0.29) is 22.9 Å². The van der Waals surface area contributed by atoms with Gasteiger partial charge in [-0.3, -0.25) is 9.59 Å². The van der Waals surface area contributed by atoms with E-state index in [0.717, 1.165) is 25.7 Å². The van der Waals surface area contributed by atoms with E-state index in [1.54, 1.807) is 0 Å². The summed E-state index contributed by atoms with van der Waals surface area (Å²) in [7, 11) is 0. The standard InChI is InChI=1S/C21H27N3O2/c1-4-5-14-24-19(25)11-10-18(23-24)20(26)22-17-12-13-21(2,3)16-9-7-6-8-15(16)17/h6-11,17H,4-5,12-14H2,1-3H3,(H,22,26). The fourth-order valence-electron chi connectivity index (χ4n) is 3.63. The van der Waals surface area contributed by atoms with E-state index in [0.29, 0.717) is 12.2 Å². The molecule has 0 radical (unpaired) electrons. The molecular weight excluding hydrogens is 326 g/mol.